The Balaban J connectivity index is 2.17. The molecule has 0 bridgehead atoms. The van der Waals surface area contributed by atoms with Crippen LogP contribution in [0.1, 0.15) is 17.0 Å². The molecule has 0 heterocycles. The molecular weight excluding hydrogens is 270 g/mol. The van der Waals surface area contributed by atoms with Crippen LogP contribution >= 0.6 is 23.2 Å². The summed E-state index contributed by atoms with van der Waals surface area (Å²) < 4.78 is 13.1. The molecule has 0 aliphatic carbocycles. The van der Waals surface area contributed by atoms with Crippen molar-refractivity contribution in [2.45, 2.75) is 12.3 Å². The highest BCUT2D eigenvalue weighted by atomic mass is 35.5. The van der Waals surface area contributed by atoms with Gasteiger partial charge < -0.3 is 0 Å². The van der Waals surface area contributed by atoms with Gasteiger partial charge in [-0.25, -0.2) is 4.39 Å². The van der Waals surface area contributed by atoms with E-state index in [2.05, 4.69) is 0 Å². The standard InChI is InChI=1S/C15H13Cl2F/c16-10-13(12-4-6-14(17)7-5-12)8-11-2-1-3-15(18)9-11/h1-7,9,13H,8,10H2. The van der Waals surface area contributed by atoms with Gasteiger partial charge in [0.2, 0.25) is 0 Å². The molecule has 0 saturated carbocycles. The summed E-state index contributed by atoms with van der Waals surface area (Å²) in [6.07, 6.45) is 0.725. The maximum atomic E-state index is 13.1. The van der Waals surface area contributed by atoms with Crippen LogP contribution in [0.25, 0.3) is 0 Å². The first-order valence-corrected chi connectivity index (χ1v) is 6.66. The zero-order valence-electron chi connectivity index (χ0n) is 9.74. The zero-order chi connectivity index (χ0) is 13.0. The van der Waals surface area contributed by atoms with Crippen LogP contribution in [0.5, 0.6) is 0 Å². The smallest absolute Gasteiger partial charge is 0.123 e. The van der Waals surface area contributed by atoms with E-state index in [1.807, 2.05) is 30.3 Å². The first-order chi connectivity index (χ1) is 8.69. The lowest BCUT2D eigenvalue weighted by Gasteiger charge is -2.14. The number of hydrogen-bond donors (Lipinski definition) is 0. The summed E-state index contributed by atoms with van der Waals surface area (Å²) in [5.74, 6) is 0.459. The summed E-state index contributed by atoms with van der Waals surface area (Å²) in [5, 5.41) is 0.706. The summed E-state index contributed by atoms with van der Waals surface area (Å²) >= 11 is 11.9. The molecule has 0 aromatic heterocycles. The van der Waals surface area contributed by atoms with E-state index >= 15 is 0 Å². The number of hydrogen-bond acceptors (Lipinski definition) is 0. The molecule has 0 aliphatic rings. The predicted octanol–water partition coefficient (Wildman–Crippen LogP) is 5.04. The maximum absolute atomic E-state index is 13.1. The van der Waals surface area contributed by atoms with Crippen molar-refractivity contribution >= 4 is 23.2 Å². The van der Waals surface area contributed by atoms with Gasteiger partial charge in [-0.1, -0.05) is 35.9 Å². The third kappa shape index (κ3) is 3.47. The first-order valence-electron chi connectivity index (χ1n) is 5.75. The normalized spacial score (nSPS) is 12.4. The number of halogens is 3. The van der Waals surface area contributed by atoms with Crippen LogP contribution in [0, 0.1) is 5.82 Å². The van der Waals surface area contributed by atoms with Crippen LogP contribution in [-0.2, 0) is 6.42 Å². The van der Waals surface area contributed by atoms with Crippen molar-refractivity contribution in [3.8, 4) is 0 Å². The van der Waals surface area contributed by atoms with Gasteiger partial charge in [-0.3, -0.25) is 0 Å². The molecule has 0 nitrogen and oxygen atoms in total. The molecular formula is C15H13Cl2F. The number of alkyl halides is 1. The van der Waals surface area contributed by atoms with E-state index in [0.29, 0.717) is 10.9 Å². The molecule has 0 spiro atoms. The topological polar surface area (TPSA) is 0 Å². The summed E-state index contributed by atoms with van der Waals surface area (Å²) in [6.45, 7) is 0. The molecule has 2 aromatic carbocycles. The van der Waals surface area contributed by atoms with E-state index in [0.717, 1.165) is 17.5 Å². The molecule has 18 heavy (non-hydrogen) atoms. The molecule has 0 aliphatic heterocycles. The fourth-order valence-electron chi connectivity index (χ4n) is 1.94. The Labute approximate surface area is 116 Å². The Morgan fingerprint density at radius 3 is 2.39 bits per heavy atom. The van der Waals surface area contributed by atoms with Crippen LogP contribution in [-0.4, -0.2) is 5.88 Å². The van der Waals surface area contributed by atoms with Gasteiger partial charge in [0.1, 0.15) is 5.82 Å². The lowest BCUT2D eigenvalue weighted by atomic mass is 9.93. The molecule has 1 unspecified atom stereocenters. The lowest BCUT2D eigenvalue weighted by molar-refractivity contribution is 0.623. The molecule has 94 valence electrons. The van der Waals surface area contributed by atoms with Gasteiger partial charge in [0.25, 0.3) is 0 Å². The van der Waals surface area contributed by atoms with Gasteiger partial charge in [0.05, 0.1) is 0 Å². The zero-order valence-corrected chi connectivity index (χ0v) is 11.3. The van der Waals surface area contributed by atoms with Gasteiger partial charge >= 0.3 is 0 Å². The van der Waals surface area contributed by atoms with Crippen LogP contribution < -0.4 is 0 Å². The SMILES string of the molecule is Fc1cccc(CC(CCl)c2ccc(Cl)cc2)c1. The van der Waals surface area contributed by atoms with Crippen LogP contribution in [0.4, 0.5) is 4.39 Å². The van der Waals surface area contributed by atoms with Crippen molar-refractivity contribution in [3.05, 3.63) is 70.5 Å². The van der Waals surface area contributed by atoms with Crippen molar-refractivity contribution in [3.63, 3.8) is 0 Å². The second-order valence-electron chi connectivity index (χ2n) is 4.24. The largest absolute Gasteiger partial charge is 0.207 e. The summed E-state index contributed by atoms with van der Waals surface area (Å²) in [7, 11) is 0. The molecule has 3 heteroatoms. The molecule has 0 saturated heterocycles. The highest BCUT2D eigenvalue weighted by molar-refractivity contribution is 6.30. The second-order valence-corrected chi connectivity index (χ2v) is 4.98. The maximum Gasteiger partial charge on any atom is 0.123 e. The van der Waals surface area contributed by atoms with E-state index < -0.39 is 0 Å². The van der Waals surface area contributed by atoms with Crippen LogP contribution in [0.3, 0.4) is 0 Å². The van der Waals surface area contributed by atoms with E-state index in [4.69, 9.17) is 23.2 Å². The number of benzene rings is 2. The average Bonchev–Trinajstić information content (AvgIpc) is 2.37. The van der Waals surface area contributed by atoms with Crippen molar-refractivity contribution < 1.29 is 4.39 Å². The van der Waals surface area contributed by atoms with Crippen molar-refractivity contribution in [2.24, 2.45) is 0 Å². The van der Waals surface area contributed by atoms with E-state index in [9.17, 15) is 4.39 Å². The van der Waals surface area contributed by atoms with Crippen LogP contribution in [0.2, 0.25) is 5.02 Å². The highest BCUT2D eigenvalue weighted by Crippen LogP contribution is 2.24. The molecule has 0 fully saturated rings. The lowest BCUT2D eigenvalue weighted by Crippen LogP contribution is -2.04. The van der Waals surface area contributed by atoms with Gasteiger partial charge in [-0.2, -0.15) is 0 Å². The molecule has 0 amide bonds. The minimum absolute atomic E-state index is 0.172. The molecule has 2 rings (SSSR count). The molecule has 1 atom stereocenters. The van der Waals surface area contributed by atoms with Gasteiger partial charge in [0.15, 0.2) is 0 Å². The summed E-state index contributed by atoms with van der Waals surface area (Å²) in [5.41, 5.74) is 2.08. The first kappa shape index (κ1) is 13.4. The fraction of sp³-hybridized carbons (Fsp3) is 0.200. The summed E-state index contributed by atoms with van der Waals surface area (Å²) in [4.78, 5) is 0. The van der Waals surface area contributed by atoms with E-state index in [-0.39, 0.29) is 11.7 Å². The third-order valence-corrected chi connectivity index (χ3v) is 3.52. The third-order valence-electron chi connectivity index (χ3n) is 2.90. The average molecular weight is 283 g/mol. The minimum atomic E-state index is -0.211. The van der Waals surface area contributed by atoms with Crippen LogP contribution in [0.15, 0.2) is 48.5 Å². The Bertz CT molecular complexity index is 508. The fourth-order valence-corrected chi connectivity index (χ4v) is 2.36. The van der Waals surface area contributed by atoms with Gasteiger partial charge in [-0.15, -0.1) is 11.6 Å². The Kier molecular flexibility index (Phi) is 4.62. The Hall–Kier alpha value is -1.05. The van der Waals surface area contributed by atoms with Crippen molar-refractivity contribution in [2.75, 3.05) is 5.88 Å². The Morgan fingerprint density at radius 2 is 1.78 bits per heavy atom. The quantitative estimate of drug-likeness (QED) is 0.689. The van der Waals surface area contributed by atoms with Gasteiger partial charge in [-0.05, 0) is 41.8 Å². The van der Waals surface area contributed by atoms with E-state index in [1.165, 1.54) is 6.07 Å². The predicted molar refractivity (Wildman–Crippen MR) is 75.0 cm³/mol. The van der Waals surface area contributed by atoms with Crippen molar-refractivity contribution in [1.82, 2.24) is 0 Å². The molecule has 0 N–H and O–H groups in total. The molecule has 2 aromatic rings. The van der Waals surface area contributed by atoms with Crippen molar-refractivity contribution in [1.29, 1.82) is 0 Å². The molecule has 0 radical (unpaired) electrons. The minimum Gasteiger partial charge on any atom is -0.207 e. The number of rotatable bonds is 4. The Morgan fingerprint density at radius 1 is 1.06 bits per heavy atom. The monoisotopic (exact) mass is 282 g/mol. The second kappa shape index (κ2) is 6.21. The summed E-state index contributed by atoms with van der Waals surface area (Å²) in [6, 6.07) is 14.3. The van der Waals surface area contributed by atoms with E-state index in [1.54, 1.807) is 12.1 Å². The highest BCUT2D eigenvalue weighted by Gasteiger charge is 2.11. The van der Waals surface area contributed by atoms with Gasteiger partial charge in [0, 0.05) is 16.8 Å².